The quantitative estimate of drug-likeness (QED) is 0.790. The third-order valence-corrected chi connectivity index (χ3v) is 3.59. The van der Waals surface area contributed by atoms with E-state index in [1.54, 1.807) is 14.0 Å². The van der Waals surface area contributed by atoms with Crippen LogP contribution in [0.25, 0.3) is 0 Å². The Morgan fingerprint density at radius 1 is 1.26 bits per heavy atom. The molecule has 0 N–H and O–H groups in total. The van der Waals surface area contributed by atoms with Crippen LogP contribution in [0, 0.1) is 20.8 Å². The van der Waals surface area contributed by atoms with Crippen molar-refractivity contribution in [3.8, 4) is 5.75 Å². The minimum Gasteiger partial charge on any atom is -0.496 e. The van der Waals surface area contributed by atoms with Gasteiger partial charge in [0.2, 0.25) is 0 Å². The highest BCUT2D eigenvalue weighted by molar-refractivity contribution is 5.75. The van der Waals surface area contributed by atoms with Gasteiger partial charge in [-0.15, -0.1) is 0 Å². The van der Waals surface area contributed by atoms with Crippen LogP contribution in [0.2, 0.25) is 0 Å². The Morgan fingerprint density at radius 3 is 2.42 bits per heavy atom. The molecule has 1 rings (SSSR count). The van der Waals surface area contributed by atoms with E-state index in [9.17, 15) is 4.79 Å². The summed E-state index contributed by atoms with van der Waals surface area (Å²) in [6, 6.07) is 2.20. The first-order chi connectivity index (χ1) is 8.86. The molecule has 0 radical (unpaired) electrons. The molecule has 3 nitrogen and oxygen atoms in total. The molecule has 0 saturated heterocycles. The molecule has 0 amide bonds. The van der Waals surface area contributed by atoms with Gasteiger partial charge in [0.05, 0.1) is 7.11 Å². The maximum Gasteiger partial charge on any atom is 0.131 e. The lowest BCUT2D eigenvalue weighted by molar-refractivity contribution is -0.117. The number of benzene rings is 1. The highest BCUT2D eigenvalue weighted by Gasteiger charge is 2.14. The molecule has 106 valence electrons. The summed E-state index contributed by atoms with van der Waals surface area (Å²) >= 11 is 0. The summed E-state index contributed by atoms with van der Waals surface area (Å²) in [6.07, 6.45) is 0.600. The van der Waals surface area contributed by atoms with Crippen LogP contribution in [0.1, 0.15) is 35.6 Å². The van der Waals surface area contributed by atoms with E-state index in [4.69, 9.17) is 4.74 Å². The lowest BCUT2D eigenvalue weighted by Gasteiger charge is -2.21. The van der Waals surface area contributed by atoms with Crippen molar-refractivity contribution >= 4 is 5.78 Å². The average Bonchev–Trinajstić information content (AvgIpc) is 2.34. The number of hydrogen-bond acceptors (Lipinski definition) is 3. The van der Waals surface area contributed by atoms with Crippen LogP contribution in [0.4, 0.5) is 0 Å². The summed E-state index contributed by atoms with van der Waals surface area (Å²) in [4.78, 5) is 13.2. The Labute approximate surface area is 116 Å². The normalized spacial score (nSPS) is 10.9. The second-order valence-corrected chi connectivity index (χ2v) is 5.34. The Bertz CT molecular complexity index is 466. The van der Waals surface area contributed by atoms with Crippen molar-refractivity contribution in [2.24, 2.45) is 0 Å². The number of aryl methyl sites for hydroxylation is 2. The maximum atomic E-state index is 11.0. The van der Waals surface area contributed by atoms with Crippen molar-refractivity contribution in [2.45, 2.75) is 40.7 Å². The van der Waals surface area contributed by atoms with Gasteiger partial charge in [-0.1, -0.05) is 6.07 Å². The van der Waals surface area contributed by atoms with Gasteiger partial charge in [0, 0.05) is 25.1 Å². The monoisotopic (exact) mass is 263 g/mol. The molecule has 0 aliphatic carbocycles. The zero-order valence-corrected chi connectivity index (χ0v) is 13.0. The number of carbonyl (C=O) groups excluding carboxylic acids is 1. The van der Waals surface area contributed by atoms with Crippen molar-refractivity contribution in [1.29, 1.82) is 0 Å². The lowest BCUT2D eigenvalue weighted by atomic mass is 9.98. The molecule has 0 aliphatic rings. The van der Waals surface area contributed by atoms with Gasteiger partial charge in [0.25, 0.3) is 0 Å². The second kappa shape index (κ2) is 6.71. The molecule has 0 atom stereocenters. The summed E-state index contributed by atoms with van der Waals surface area (Å²) < 4.78 is 5.57. The summed E-state index contributed by atoms with van der Waals surface area (Å²) in [7, 11) is 3.76. The summed E-state index contributed by atoms with van der Waals surface area (Å²) in [6.45, 7) is 9.54. The fourth-order valence-electron chi connectivity index (χ4n) is 2.27. The van der Waals surface area contributed by atoms with Crippen LogP contribution in [0.15, 0.2) is 6.07 Å². The number of rotatable bonds is 6. The van der Waals surface area contributed by atoms with E-state index in [0.717, 1.165) is 18.8 Å². The van der Waals surface area contributed by atoms with Crippen LogP contribution in [-0.2, 0) is 11.3 Å². The summed E-state index contributed by atoms with van der Waals surface area (Å²) in [5.74, 6) is 1.21. The summed E-state index contributed by atoms with van der Waals surface area (Å²) in [5.41, 5.74) is 4.92. The van der Waals surface area contributed by atoms with E-state index in [1.165, 1.54) is 22.3 Å². The van der Waals surface area contributed by atoms with Gasteiger partial charge in [-0.2, -0.15) is 0 Å². The largest absolute Gasteiger partial charge is 0.496 e. The second-order valence-electron chi connectivity index (χ2n) is 5.34. The number of Topliss-reactive ketones (excluding diaryl/α,β-unsaturated/α-hetero) is 1. The van der Waals surface area contributed by atoms with Crippen molar-refractivity contribution in [2.75, 3.05) is 20.7 Å². The first-order valence-electron chi connectivity index (χ1n) is 6.68. The lowest BCUT2D eigenvalue weighted by Crippen LogP contribution is -2.22. The van der Waals surface area contributed by atoms with E-state index in [1.807, 2.05) is 7.05 Å². The molecule has 19 heavy (non-hydrogen) atoms. The number of ketones is 1. The number of carbonyl (C=O) groups is 1. The van der Waals surface area contributed by atoms with Crippen molar-refractivity contribution in [3.63, 3.8) is 0 Å². The molecule has 0 saturated carbocycles. The van der Waals surface area contributed by atoms with Gasteiger partial charge >= 0.3 is 0 Å². The predicted octanol–water partition coefficient (Wildman–Crippen LogP) is 3.03. The number of hydrogen-bond donors (Lipinski definition) is 0. The molecule has 0 fully saturated rings. The number of ether oxygens (including phenoxy) is 1. The highest BCUT2D eigenvalue weighted by atomic mass is 16.5. The fourth-order valence-corrected chi connectivity index (χ4v) is 2.27. The minimum atomic E-state index is 0.232. The van der Waals surface area contributed by atoms with E-state index in [2.05, 4.69) is 31.7 Å². The third-order valence-electron chi connectivity index (χ3n) is 3.59. The van der Waals surface area contributed by atoms with E-state index in [0.29, 0.717) is 6.42 Å². The van der Waals surface area contributed by atoms with Gasteiger partial charge in [-0.3, -0.25) is 4.79 Å². The molecule has 0 aromatic heterocycles. The maximum absolute atomic E-state index is 11.0. The minimum absolute atomic E-state index is 0.232. The van der Waals surface area contributed by atoms with Crippen molar-refractivity contribution in [3.05, 3.63) is 28.3 Å². The molecule has 0 bridgehead atoms. The van der Waals surface area contributed by atoms with Crippen molar-refractivity contribution in [1.82, 2.24) is 4.90 Å². The van der Waals surface area contributed by atoms with Gasteiger partial charge in [0.15, 0.2) is 0 Å². The van der Waals surface area contributed by atoms with E-state index in [-0.39, 0.29) is 5.78 Å². The highest BCUT2D eigenvalue weighted by Crippen LogP contribution is 2.30. The van der Waals surface area contributed by atoms with E-state index < -0.39 is 0 Å². The molecular formula is C16H25NO2. The van der Waals surface area contributed by atoms with Gasteiger partial charge in [-0.25, -0.2) is 0 Å². The zero-order valence-electron chi connectivity index (χ0n) is 13.0. The van der Waals surface area contributed by atoms with Crippen LogP contribution in [0.3, 0.4) is 0 Å². The Morgan fingerprint density at radius 2 is 1.89 bits per heavy atom. The van der Waals surface area contributed by atoms with Gasteiger partial charge in [0.1, 0.15) is 11.5 Å². The predicted molar refractivity (Wildman–Crippen MR) is 78.8 cm³/mol. The first-order valence-corrected chi connectivity index (χ1v) is 6.68. The Balaban J connectivity index is 2.94. The Kier molecular flexibility index (Phi) is 5.55. The molecular weight excluding hydrogens is 238 g/mol. The standard InChI is InChI=1S/C16H25NO2/c1-11-9-12(2)15(16(19-6)14(11)4)10-17(5)8-7-13(3)18/h9H,7-8,10H2,1-6H3. The van der Waals surface area contributed by atoms with Crippen LogP contribution in [-0.4, -0.2) is 31.4 Å². The molecule has 0 heterocycles. The average molecular weight is 263 g/mol. The fraction of sp³-hybridized carbons (Fsp3) is 0.562. The van der Waals surface area contributed by atoms with Crippen LogP contribution >= 0.6 is 0 Å². The zero-order chi connectivity index (χ0) is 14.6. The molecule has 3 heteroatoms. The number of methoxy groups -OCH3 is 1. The first kappa shape index (κ1) is 15.7. The third kappa shape index (κ3) is 4.06. The molecule has 1 aromatic rings. The SMILES string of the molecule is COc1c(C)c(C)cc(C)c1CN(C)CCC(C)=O. The van der Waals surface area contributed by atoms with E-state index >= 15 is 0 Å². The molecule has 0 spiro atoms. The number of nitrogens with zero attached hydrogens (tertiary/aromatic N) is 1. The van der Waals surface area contributed by atoms with Gasteiger partial charge in [-0.05, 0) is 51.4 Å². The topological polar surface area (TPSA) is 29.5 Å². The summed E-state index contributed by atoms with van der Waals surface area (Å²) in [5, 5.41) is 0. The molecule has 1 aromatic carbocycles. The smallest absolute Gasteiger partial charge is 0.131 e. The van der Waals surface area contributed by atoms with Crippen molar-refractivity contribution < 1.29 is 9.53 Å². The van der Waals surface area contributed by atoms with Gasteiger partial charge < -0.3 is 9.64 Å². The van der Waals surface area contributed by atoms with Crippen LogP contribution in [0.5, 0.6) is 5.75 Å². The van der Waals surface area contributed by atoms with Crippen LogP contribution < -0.4 is 4.74 Å². The molecule has 0 aliphatic heterocycles. The Hall–Kier alpha value is -1.35. The molecule has 0 unspecified atom stereocenters.